The van der Waals surface area contributed by atoms with Gasteiger partial charge in [0.05, 0.1) is 6.04 Å². The molecule has 1 rings (SSSR count). The zero-order chi connectivity index (χ0) is 8.97. The lowest BCUT2D eigenvalue weighted by Crippen LogP contribution is -2.10. The summed E-state index contributed by atoms with van der Waals surface area (Å²) in [6, 6.07) is 7.31. The average Bonchev–Trinajstić information content (AvgIpc) is 2.01. The molecule has 1 aromatic carbocycles. The minimum absolute atomic E-state index is 0.0935. The van der Waals surface area contributed by atoms with Crippen LogP contribution in [0, 0.1) is 11.8 Å². The van der Waals surface area contributed by atoms with Crippen LogP contribution in [-0.2, 0) is 0 Å². The molecule has 0 aromatic heterocycles. The fourth-order valence-electron chi connectivity index (χ4n) is 0.763. The second-order valence-electron chi connectivity index (χ2n) is 2.57. The molecular formula is C10H10ClN. The summed E-state index contributed by atoms with van der Waals surface area (Å²) < 4.78 is 0. The Bertz CT molecular complexity index is 320. The maximum absolute atomic E-state index is 5.76. The zero-order valence-corrected chi connectivity index (χ0v) is 7.60. The maximum Gasteiger partial charge on any atom is 0.0639 e. The van der Waals surface area contributed by atoms with Crippen LogP contribution in [0.1, 0.15) is 12.5 Å². The fraction of sp³-hybridized carbons (Fsp3) is 0.200. The van der Waals surface area contributed by atoms with Gasteiger partial charge in [-0.3, -0.25) is 0 Å². The van der Waals surface area contributed by atoms with Crippen LogP contribution in [0.25, 0.3) is 0 Å². The van der Waals surface area contributed by atoms with Crippen molar-refractivity contribution in [2.75, 3.05) is 0 Å². The lowest BCUT2D eigenvalue weighted by molar-refractivity contribution is 0.959. The van der Waals surface area contributed by atoms with E-state index >= 15 is 0 Å². The van der Waals surface area contributed by atoms with Crippen LogP contribution in [0.4, 0.5) is 0 Å². The van der Waals surface area contributed by atoms with Crippen LogP contribution < -0.4 is 5.73 Å². The van der Waals surface area contributed by atoms with E-state index in [0.29, 0.717) is 5.02 Å². The van der Waals surface area contributed by atoms with Gasteiger partial charge in [-0.15, -0.1) is 0 Å². The van der Waals surface area contributed by atoms with Gasteiger partial charge in [-0.1, -0.05) is 29.5 Å². The van der Waals surface area contributed by atoms with Crippen molar-refractivity contribution >= 4 is 11.6 Å². The predicted molar refractivity (Wildman–Crippen MR) is 52.0 cm³/mol. The highest BCUT2D eigenvalue weighted by Crippen LogP contribution is 2.09. The number of halogens is 1. The van der Waals surface area contributed by atoms with E-state index in [1.54, 1.807) is 0 Å². The molecule has 0 spiro atoms. The number of hydrogen-bond donors (Lipinski definition) is 1. The van der Waals surface area contributed by atoms with E-state index in [1.165, 1.54) is 0 Å². The maximum atomic E-state index is 5.76. The van der Waals surface area contributed by atoms with E-state index in [-0.39, 0.29) is 6.04 Å². The molecule has 0 aliphatic carbocycles. The van der Waals surface area contributed by atoms with Gasteiger partial charge in [-0.2, -0.15) is 0 Å². The van der Waals surface area contributed by atoms with Crippen molar-refractivity contribution in [2.45, 2.75) is 13.0 Å². The van der Waals surface area contributed by atoms with Crippen LogP contribution in [0.2, 0.25) is 5.02 Å². The molecule has 0 aliphatic heterocycles. The smallest absolute Gasteiger partial charge is 0.0639 e. The Morgan fingerprint density at radius 1 is 1.50 bits per heavy atom. The second-order valence-corrected chi connectivity index (χ2v) is 3.00. The number of hydrogen-bond acceptors (Lipinski definition) is 1. The van der Waals surface area contributed by atoms with E-state index in [4.69, 9.17) is 17.3 Å². The molecule has 0 radical (unpaired) electrons. The van der Waals surface area contributed by atoms with Crippen molar-refractivity contribution in [3.05, 3.63) is 34.9 Å². The predicted octanol–water partition coefficient (Wildman–Crippen LogP) is 2.04. The topological polar surface area (TPSA) is 26.0 Å². The lowest BCUT2D eigenvalue weighted by atomic mass is 10.2. The first-order valence-electron chi connectivity index (χ1n) is 3.71. The molecule has 2 heteroatoms. The zero-order valence-electron chi connectivity index (χ0n) is 6.84. The van der Waals surface area contributed by atoms with E-state index in [0.717, 1.165) is 5.56 Å². The molecule has 0 fully saturated rings. The van der Waals surface area contributed by atoms with Gasteiger partial charge >= 0.3 is 0 Å². The van der Waals surface area contributed by atoms with Crippen LogP contribution in [0.15, 0.2) is 24.3 Å². The Morgan fingerprint density at radius 3 is 2.83 bits per heavy atom. The summed E-state index contributed by atoms with van der Waals surface area (Å²) in [5.74, 6) is 5.78. The fourth-order valence-corrected chi connectivity index (χ4v) is 0.954. The molecule has 1 atom stereocenters. The minimum atomic E-state index is -0.0935. The minimum Gasteiger partial charge on any atom is -0.318 e. The monoisotopic (exact) mass is 179 g/mol. The summed E-state index contributed by atoms with van der Waals surface area (Å²) in [6.45, 7) is 1.84. The van der Waals surface area contributed by atoms with Crippen LogP contribution in [0.5, 0.6) is 0 Å². The Labute approximate surface area is 77.5 Å². The molecule has 0 heterocycles. The Kier molecular flexibility index (Phi) is 3.16. The molecule has 0 saturated carbocycles. The first-order valence-corrected chi connectivity index (χ1v) is 4.09. The van der Waals surface area contributed by atoms with Gasteiger partial charge in [0.25, 0.3) is 0 Å². The summed E-state index contributed by atoms with van der Waals surface area (Å²) in [7, 11) is 0. The van der Waals surface area contributed by atoms with Crippen molar-refractivity contribution in [3.63, 3.8) is 0 Å². The van der Waals surface area contributed by atoms with Crippen LogP contribution in [0.3, 0.4) is 0 Å². The normalized spacial score (nSPS) is 11.6. The molecular weight excluding hydrogens is 170 g/mol. The van der Waals surface area contributed by atoms with Crippen molar-refractivity contribution in [3.8, 4) is 11.8 Å². The standard InChI is InChI=1S/C10H10ClN/c1-8(12)5-6-9-3-2-4-10(11)7-9/h2-4,7-8H,12H2,1H3/t8-/m0/s1. The third kappa shape index (κ3) is 2.96. The molecule has 1 nitrogen and oxygen atoms in total. The first-order chi connectivity index (χ1) is 5.68. The Balaban J connectivity index is 2.85. The summed E-state index contributed by atoms with van der Waals surface area (Å²) in [5, 5.41) is 0.700. The average molecular weight is 180 g/mol. The molecule has 12 heavy (non-hydrogen) atoms. The first kappa shape index (κ1) is 9.12. The van der Waals surface area contributed by atoms with E-state index in [2.05, 4.69) is 11.8 Å². The Morgan fingerprint density at radius 2 is 2.25 bits per heavy atom. The summed E-state index contributed by atoms with van der Waals surface area (Å²) >= 11 is 5.76. The summed E-state index contributed by atoms with van der Waals surface area (Å²) in [4.78, 5) is 0. The van der Waals surface area contributed by atoms with Gasteiger partial charge in [0.15, 0.2) is 0 Å². The van der Waals surface area contributed by atoms with Crippen molar-refractivity contribution in [2.24, 2.45) is 5.73 Å². The van der Waals surface area contributed by atoms with Crippen LogP contribution >= 0.6 is 11.6 Å². The molecule has 0 saturated heterocycles. The van der Waals surface area contributed by atoms with Crippen LogP contribution in [-0.4, -0.2) is 6.04 Å². The quantitative estimate of drug-likeness (QED) is 0.606. The molecule has 62 valence electrons. The van der Waals surface area contributed by atoms with Crippen molar-refractivity contribution < 1.29 is 0 Å². The second kappa shape index (κ2) is 4.15. The molecule has 0 amide bonds. The third-order valence-corrected chi connectivity index (χ3v) is 1.50. The SMILES string of the molecule is C[C@H](N)C#Cc1cccc(Cl)c1. The largest absolute Gasteiger partial charge is 0.318 e. The van der Waals surface area contributed by atoms with Gasteiger partial charge in [0.1, 0.15) is 0 Å². The highest BCUT2D eigenvalue weighted by atomic mass is 35.5. The van der Waals surface area contributed by atoms with Gasteiger partial charge < -0.3 is 5.73 Å². The number of nitrogens with two attached hydrogens (primary N) is 1. The molecule has 1 aromatic rings. The number of benzene rings is 1. The molecule has 0 aliphatic rings. The van der Waals surface area contributed by atoms with E-state index < -0.39 is 0 Å². The van der Waals surface area contributed by atoms with Gasteiger partial charge in [-0.05, 0) is 25.1 Å². The van der Waals surface area contributed by atoms with Gasteiger partial charge in [0, 0.05) is 10.6 Å². The van der Waals surface area contributed by atoms with Gasteiger partial charge in [-0.25, -0.2) is 0 Å². The summed E-state index contributed by atoms with van der Waals surface area (Å²) in [5.41, 5.74) is 6.37. The van der Waals surface area contributed by atoms with Crippen molar-refractivity contribution in [1.82, 2.24) is 0 Å². The highest BCUT2D eigenvalue weighted by Gasteiger charge is 1.88. The highest BCUT2D eigenvalue weighted by molar-refractivity contribution is 6.30. The molecule has 0 bridgehead atoms. The van der Waals surface area contributed by atoms with E-state index in [9.17, 15) is 0 Å². The van der Waals surface area contributed by atoms with Crippen molar-refractivity contribution in [1.29, 1.82) is 0 Å². The molecule has 0 unspecified atom stereocenters. The van der Waals surface area contributed by atoms with Gasteiger partial charge in [0.2, 0.25) is 0 Å². The van der Waals surface area contributed by atoms with E-state index in [1.807, 2.05) is 31.2 Å². The Hall–Kier alpha value is -0.970. The lowest BCUT2D eigenvalue weighted by Gasteiger charge is -1.92. The number of rotatable bonds is 0. The molecule has 2 N–H and O–H groups in total. The summed E-state index contributed by atoms with van der Waals surface area (Å²) in [6.07, 6.45) is 0. The third-order valence-electron chi connectivity index (χ3n) is 1.27.